The van der Waals surface area contributed by atoms with Gasteiger partial charge in [-0.25, -0.2) is 0 Å². The fourth-order valence-corrected chi connectivity index (χ4v) is 3.02. The summed E-state index contributed by atoms with van der Waals surface area (Å²) in [6.45, 7) is 4.49. The molecule has 1 aliphatic rings. The van der Waals surface area contributed by atoms with Crippen LogP contribution in [0.15, 0.2) is 54.6 Å². The number of hydrogen-bond acceptors (Lipinski definition) is 2. The Hall–Kier alpha value is -2.62. The molecule has 4 heteroatoms. The van der Waals surface area contributed by atoms with Crippen molar-refractivity contribution in [2.45, 2.75) is 32.9 Å². The van der Waals surface area contributed by atoms with Gasteiger partial charge in [0.05, 0.1) is 17.8 Å². The first-order valence-corrected chi connectivity index (χ1v) is 8.37. The standard InChI is InChI=1S/C20H22N2O2/c1-3-14(2)18-20(24)22(13-15-9-5-4-6-10-15)17-12-8-7-11-16(17)19(23)21-18/h4-12,14,18H,3,13H2,1-2H3,(H,21,23). The molecule has 2 unspecified atom stereocenters. The van der Waals surface area contributed by atoms with Crippen molar-refractivity contribution in [1.82, 2.24) is 5.32 Å². The summed E-state index contributed by atoms with van der Waals surface area (Å²) in [5.41, 5.74) is 2.26. The molecule has 0 radical (unpaired) electrons. The van der Waals surface area contributed by atoms with E-state index in [1.54, 1.807) is 11.0 Å². The predicted molar refractivity (Wildman–Crippen MR) is 94.8 cm³/mol. The summed E-state index contributed by atoms with van der Waals surface area (Å²) in [4.78, 5) is 27.5. The van der Waals surface area contributed by atoms with E-state index in [1.807, 2.05) is 62.4 Å². The Kier molecular flexibility index (Phi) is 4.65. The maximum absolute atomic E-state index is 13.2. The Morgan fingerprint density at radius 2 is 1.71 bits per heavy atom. The minimum atomic E-state index is -0.501. The Morgan fingerprint density at radius 1 is 1.04 bits per heavy atom. The third-order valence-electron chi connectivity index (χ3n) is 4.65. The van der Waals surface area contributed by atoms with Crippen LogP contribution in [0.5, 0.6) is 0 Å². The number of hydrogen-bond donors (Lipinski definition) is 1. The van der Waals surface area contributed by atoms with Gasteiger partial charge in [-0.15, -0.1) is 0 Å². The summed E-state index contributed by atoms with van der Waals surface area (Å²) < 4.78 is 0. The molecular formula is C20H22N2O2. The highest BCUT2D eigenvalue weighted by Gasteiger charge is 2.35. The number of fused-ring (bicyclic) bond motifs is 1. The van der Waals surface area contributed by atoms with Gasteiger partial charge in [-0.3, -0.25) is 9.59 Å². The molecule has 3 rings (SSSR count). The molecule has 0 saturated carbocycles. The predicted octanol–water partition coefficient (Wildman–Crippen LogP) is 3.38. The van der Waals surface area contributed by atoms with E-state index in [4.69, 9.17) is 0 Å². The molecule has 0 aliphatic carbocycles. The van der Waals surface area contributed by atoms with Gasteiger partial charge >= 0.3 is 0 Å². The van der Waals surface area contributed by atoms with Crippen LogP contribution < -0.4 is 10.2 Å². The average Bonchev–Trinajstić information content (AvgIpc) is 2.72. The van der Waals surface area contributed by atoms with E-state index in [-0.39, 0.29) is 17.7 Å². The SMILES string of the molecule is CCC(C)C1NC(=O)c2ccccc2N(Cc2ccccc2)C1=O. The normalized spacial score (nSPS) is 18.6. The van der Waals surface area contributed by atoms with Gasteiger partial charge in [-0.1, -0.05) is 62.7 Å². The molecule has 1 N–H and O–H groups in total. The van der Waals surface area contributed by atoms with Gasteiger partial charge in [0.25, 0.3) is 5.91 Å². The van der Waals surface area contributed by atoms with Crippen LogP contribution in [0.1, 0.15) is 36.2 Å². The number of rotatable bonds is 4. The number of amides is 2. The van der Waals surface area contributed by atoms with Crippen molar-refractivity contribution in [3.05, 3.63) is 65.7 Å². The van der Waals surface area contributed by atoms with E-state index in [1.165, 1.54) is 0 Å². The zero-order chi connectivity index (χ0) is 17.1. The minimum absolute atomic E-state index is 0.0495. The highest BCUT2D eigenvalue weighted by atomic mass is 16.2. The molecule has 0 aromatic heterocycles. The number of para-hydroxylation sites is 1. The van der Waals surface area contributed by atoms with E-state index in [2.05, 4.69) is 5.32 Å². The van der Waals surface area contributed by atoms with Crippen LogP contribution in [0.25, 0.3) is 0 Å². The van der Waals surface area contributed by atoms with Crippen LogP contribution in [0.3, 0.4) is 0 Å². The van der Waals surface area contributed by atoms with Gasteiger partial charge in [0.2, 0.25) is 5.91 Å². The Morgan fingerprint density at radius 3 is 2.42 bits per heavy atom. The summed E-state index contributed by atoms with van der Waals surface area (Å²) in [5.74, 6) is -0.152. The smallest absolute Gasteiger partial charge is 0.254 e. The van der Waals surface area contributed by atoms with Gasteiger partial charge in [0.1, 0.15) is 6.04 Å². The van der Waals surface area contributed by atoms with Gasteiger partial charge in [-0.2, -0.15) is 0 Å². The summed E-state index contributed by atoms with van der Waals surface area (Å²) in [7, 11) is 0. The summed E-state index contributed by atoms with van der Waals surface area (Å²) in [6.07, 6.45) is 0.826. The molecule has 0 bridgehead atoms. The maximum atomic E-state index is 13.2. The van der Waals surface area contributed by atoms with Gasteiger partial charge in [-0.05, 0) is 23.6 Å². The van der Waals surface area contributed by atoms with Crippen LogP contribution in [0, 0.1) is 5.92 Å². The molecule has 2 aromatic rings. The first kappa shape index (κ1) is 16.2. The van der Waals surface area contributed by atoms with Crippen LogP contribution in [-0.2, 0) is 11.3 Å². The largest absolute Gasteiger partial charge is 0.340 e. The van der Waals surface area contributed by atoms with E-state index in [0.717, 1.165) is 12.0 Å². The Labute approximate surface area is 142 Å². The van der Waals surface area contributed by atoms with Crippen LogP contribution in [0.2, 0.25) is 0 Å². The van der Waals surface area contributed by atoms with Gasteiger partial charge in [0.15, 0.2) is 0 Å². The molecule has 4 nitrogen and oxygen atoms in total. The highest BCUT2D eigenvalue weighted by Crippen LogP contribution is 2.28. The van der Waals surface area contributed by atoms with Gasteiger partial charge < -0.3 is 10.2 Å². The molecule has 1 heterocycles. The first-order chi connectivity index (χ1) is 11.6. The topological polar surface area (TPSA) is 49.4 Å². The van der Waals surface area contributed by atoms with Crippen molar-refractivity contribution in [1.29, 1.82) is 0 Å². The highest BCUT2D eigenvalue weighted by molar-refractivity contribution is 6.11. The molecule has 2 atom stereocenters. The van der Waals surface area contributed by atoms with Crippen LogP contribution >= 0.6 is 0 Å². The second-order valence-corrected chi connectivity index (χ2v) is 6.26. The lowest BCUT2D eigenvalue weighted by Gasteiger charge is -2.28. The zero-order valence-electron chi connectivity index (χ0n) is 14.0. The molecule has 2 aromatic carbocycles. The van der Waals surface area contributed by atoms with Gasteiger partial charge in [0, 0.05) is 0 Å². The lowest BCUT2D eigenvalue weighted by atomic mass is 9.98. The van der Waals surface area contributed by atoms with Crippen molar-refractivity contribution in [2.24, 2.45) is 5.92 Å². The van der Waals surface area contributed by atoms with E-state index in [0.29, 0.717) is 17.8 Å². The number of nitrogens with zero attached hydrogens (tertiary/aromatic N) is 1. The van der Waals surface area contributed by atoms with Crippen LogP contribution in [-0.4, -0.2) is 17.9 Å². The van der Waals surface area contributed by atoms with Crippen molar-refractivity contribution in [3.8, 4) is 0 Å². The van der Waals surface area contributed by atoms with Crippen molar-refractivity contribution in [3.63, 3.8) is 0 Å². The Balaban J connectivity index is 2.05. The monoisotopic (exact) mass is 322 g/mol. The molecule has 0 fully saturated rings. The summed E-state index contributed by atoms with van der Waals surface area (Å²) in [6, 6.07) is 16.7. The van der Waals surface area contributed by atoms with Crippen molar-refractivity contribution < 1.29 is 9.59 Å². The lowest BCUT2D eigenvalue weighted by Crippen LogP contribution is -2.49. The molecule has 2 amide bonds. The lowest BCUT2D eigenvalue weighted by molar-refractivity contribution is -0.121. The number of benzene rings is 2. The number of carbonyl (C=O) groups excluding carboxylic acids is 2. The minimum Gasteiger partial charge on any atom is -0.340 e. The number of anilines is 1. The van der Waals surface area contributed by atoms with Crippen molar-refractivity contribution >= 4 is 17.5 Å². The third kappa shape index (κ3) is 3.04. The fourth-order valence-electron chi connectivity index (χ4n) is 3.02. The van der Waals surface area contributed by atoms with E-state index in [9.17, 15) is 9.59 Å². The first-order valence-electron chi connectivity index (χ1n) is 8.37. The maximum Gasteiger partial charge on any atom is 0.254 e. The fraction of sp³-hybridized carbons (Fsp3) is 0.300. The van der Waals surface area contributed by atoms with E-state index < -0.39 is 6.04 Å². The second kappa shape index (κ2) is 6.87. The molecular weight excluding hydrogens is 300 g/mol. The molecule has 1 aliphatic heterocycles. The molecule has 0 saturated heterocycles. The van der Waals surface area contributed by atoms with Crippen LogP contribution in [0.4, 0.5) is 5.69 Å². The summed E-state index contributed by atoms with van der Waals surface area (Å²) >= 11 is 0. The average molecular weight is 322 g/mol. The second-order valence-electron chi connectivity index (χ2n) is 6.26. The Bertz CT molecular complexity index is 742. The number of carbonyl (C=O) groups is 2. The van der Waals surface area contributed by atoms with E-state index >= 15 is 0 Å². The number of nitrogens with one attached hydrogen (secondary N) is 1. The molecule has 0 spiro atoms. The zero-order valence-corrected chi connectivity index (χ0v) is 14.0. The third-order valence-corrected chi connectivity index (χ3v) is 4.65. The van der Waals surface area contributed by atoms with Crippen molar-refractivity contribution in [2.75, 3.05) is 4.90 Å². The molecule has 124 valence electrons. The molecule has 24 heavy (non-hydrogen) atoms. The quantitative estimate of drug-likeness (QED) is 0.938. The summed E-state index contributed by atoms with van der Waals surface area (Å²) in [5, 5.41) is 2.92.